The molecule has 0 aliphatic carbocycles. The predicted octanol–water partition coefficient (Wildman–Crippen LogP) is 0.881. The van der Waals surface area contributed by atoms with E-state index in [1.165, 1.54) is 0 Å². The van der Waals surface area contributed by atoms with Gasteiger partial charge in [-0.2, -0.15) is 0 Å². The molecule has 0 radical (unpaired) electrons. The molecule has 1 atom stereocenters. The first-order valence-corrected chi connectivity index (χ1v) is 7.99. The molecule has 8 heteroatoms. The van der Waals surface area contributed by atoms with Gasteiger partial charge in [0.05, 0.1) is 11.3 Å². The molecule has 1 fully saturated rings. The van der Waals surface area contributed by atoms with E-state index < -0.39 is 15.6 Å². The van der Waals surface area contributed by atoms with E-state index in [0.29, 0.717) is 12.3 Å². The second-order valence-electron chi connectivity index (χ2n) is 4.65. The van der Waals surface area contributed by atoms with Crippen molar-refractivity contribution in [2.75, 3.05) is 18.9 Å². The van der Waals surface area contributed by atoms with E-state index in [-0.39, 0.29) is 15.9 Å². The van der Waals surface area contributed by atoms with Gasteiger partial charge in [0.1, 0.15) is 0 Å². The number of aromatic nitrogens is 1. The van der Waals surface area contributed by atoms with Gasteiger partial charge < -0.3 is 10.5 Å². The molecule has 0 amide bonds. The highest BCUT2D eigenvalue weighted by molar-refractivity contribution is 7.91. The Hall–Kier alpha value is -0.700. The van der Waals surface area contributed by atoms with Gasteiger partial charge >= 0.3 is 0 Å². The molecule has 2 rings (SSSR count). The Morgan fingerprint density at radius 1 is 1.61 bits per heavy atom. The van der Waals surface area contributed by atoms with Crippen molar-refractivity contribution in [2.45, 2.75) is 36.5 Å². The number of anilines is 1. The van der Waals surface area contributed by atoms with Gasteiger partial charge in [0.15, 0.2) is 9.34 Å². The van der Waals surface area contributed by atoms with Gasteiger partial charge in [0, 0.05) is 13.2 Å². The number of sulfonamides is 1. The summed E-state index contributed by atoms with van der Waals surface area (Å²) in [4.78, 5) is 3.92. The smallest absolute Gasteiger partial charge is 0.252 e. The maximum atomic E-state index is 12.1. The van der Waals surface area contributed by atoms with Crippen molar-refractivity contribution in [1.29, 1.82) is 0 Å². The average Bonchev–Trinajstić information content (AvgIpc) is 2.84. The maximum absolute atomic E-state index is 12.1. The topological polar surface area (TPSA) is 94.3 Å². The lowest BCUT2D eigenvalue weighted by atomic mass is 10.0. The number of nitrogen functional groups attached to an aromatic ring is 1. The Bertz CT molecular complexity index is 533. The third-order valence-corrected chi connectivity index (χ3v) is 5.95. The van der Waals surface area contributed by atoms with E-state index in [0.717, 1.165) is 24.2 Å². The van der Waals surface area contributed by atoms with Gasteiger partial charge in [0.2, 0.25) is 0 Å². The molecule has 1 unspecified atom stereocenters. The lowest BCUT2D eigenvalue weighted by Crippen LogP contribution is -2.40. The SMILES string of the molecule is Cc1nc(N)sc1S(=O)(=O)NCC1(C)CCCO1. The summed E-state index contributed by atoms with van der Waals surface area (Å²) in [5.74, 6) is 0. The van der Waals surface area contributed by atoms with E-state index in [4.69, 9.17) is 10.5 Å². The fraction of sp³-hybridized carbons (Fsp3) is 0.700. The standard InChI is InChI=1S/C10H17N3O3S2/c1-7-8(17-9(11)13-7)18(14,15)12-6-10(2)4-3-5-16-10/h12H,3-6H2,1-2H3,(H2,11,13). The summed E-state index contributed by atoms with van der Waals surface area (Å²) in [6.07, 6.45) is 1.82. The first kappa shape index (κ1) is 13.7. The van der Waals surface area contributed by atoms with E-state index in [2.05, 4.69) is 9.71 Å². The fourth-order valence-electron chi connectivity index (χ4n) is 1.94. The first-order valence-electron chi connectivity index (χ1n) is 5.69. The minimum absolute atomic E-state index is 0.182. The summed E-state index contributed by atoms with van der Waals surface area (Å²) in [5.41, 5.74) is 5.54. The quantitative estimate of drug-likeness (QED) is 0.859. The van der Waals surface area contributed by atoms with Crippen LogP contribution in [-0.4, -0.2) is 32.2 Å². The lowest BCUT2D eigenvalue weighted by Gasteiger charge is -2.23. The molecule has 1 saturated heterocycles. The van der Waals surface area contributed by atoms with Crippen LogP contribution in [0.2, 0.25) is 0 Å². The number of hydrogen-bond acceptors (Lipinski definition) is 6. The molecule has 6 nitrogen and oxygen atoms in total. The monoisotopic (exact) mass is 291 g/mol. The molecule has 18 heavy (non-hydrogen) atoms. The van der Waals surface area contributed by atoms with Crippen LogP contribution in [0.15, 0.2) is 4.21 Å². The molecule has 0 spiro atoms. The number of nitrogens with zero attached hydrogens (tertiary/aromatic N) is 1. The van der Waals surface area contributed by atoms with Crippen molar-refractivity contribution < 1.29 is 13.2 Å². The van der Waals surface area contributed by atoms with E-state index in [9.17, 15) is 8.42 Å². The third kappa shape index (κ3) is 2.82. The summed E-state index contributed by atoms with van der Waals surface area (Å²) >= 11 is 0.978. The summed E-state index contributed by atoms with van der Waals surface area (Å²) in [5, 5.41) is 0.260. The second-order valence-corrected chi connectivity index (χ2v) is 7.64. The number of aryl methyl sites for hydroxylation is 1. The highest BCUT2D eigenvalue weighted by atomic mass is 32.2. The maximum Gasteiger partial charge on any atom is 0.252 e. The minimum atomic E-state index is -3.55. The number of nitrogens with one attached hydrogen (secondary N) is 1. The fourth-order valence-corrected chi connectivity index (χ4v) is 4.44. The van der Waals surface area contributed by atoms with Crippen molar-refractivity contribution in [3.05, 3.63) is 5.69 Å². The Kier molecular flexibility index (Phi) is 3.63. The molecule has 0 bridgehead atoms. The lowest BCUT2D eigenvalue weighted by molar-refractivity contribution is 0.0250. The Balaban J connectivity index is 2.10. The molecule has 1 aromatic heterocycles. The molecule has 0 aromatic carbocycles. The minimum Gasteiger partial charge on any atom is -0.375 e. The van der Waals surface area contributed by atoms with Gasteiger partial charge in [0.25, 0.3) is 10.0 Å². The highest BCUT2D eigenvalue weighted by Gasteiger charge is 2.32. The van der Waals surface area contributed by atoms with E-state index in [1.807, 2.05) is 6.92 Å². The van der Waals surface area contributed by atoms with E-state index in [1.54, 1.807) is 6.92 Å². The first-order chi connectivity index (χ1) is 8.32. The van der Waals surface area contributed by atoms with Gasteiger partial charge in [-0.25, -0.2) is 18.1 Å². The molecular weight excluding hydrogens is 274 g/mol. The number of thiazole rings is 1. The Labute approximate surface area is 111 Å². The summed E-state index contributed by atoms with van der Waals surface area (Å²) in [6, 6.07) is 0. The van der Waals surface area contributed by atoms with Gasteiger partial charge in [-0.1, -0.05) is 11.3 Å². The van der Waals surface area contributed by atoms with Gasteiger partial charge in [-0.15, -0.1) is 0 Å². The molecule has 0 saturated carbocycles. The number of nitrogens with two attached hydrogens (primary N) is 1. The summed E-state index contributed by atoms with van der Waals surface area (Å²) in [6.45, 7) is 4.50. The van der Waals surface area contributed by atoms with Crippen molar-refractivity contribution in [3.8, 4) is 0 Å². The van der Waals surface area contributed by atoms with Gasteiger partial charge in [-0.3, -0.25) is 0 Å². The molecule has 1 aromatic rings. The van der Waals surface area contributed by atoms with Crippen LogP contribution in [0, 0.1) is 6.92 Å². The molecular formula is C10H17N3O3S2. The van der Waals surface area contributed by atoms with Crippen LogP contribution >= 0.6 is 11.3 Å². The zero-order chi connectivity index (χ0) is 13.4. The third-order valence-electron chi connectivity index (χ3n) is 2.95. The molecule has 102 valence electrons. The summed E-state index contributed by atoms with van der Waals surface area (Å²) in [7, 11) is -3.55. The largest absolute Gasteiger partial charge is 0.375 e. The predicted molar refractivity (Wildman–Crippen MR) is 70.0 cm³/mol. The number of ether oxygens (including phenoxy) is 1. The zero-order valence-corrected chi connectivity index (χ0v) is 12.0. The van der Waals surface area contributed by atoms with Crippen LogP contribution in [-0.2, 0) is 14.8 Å². The van der Waals surface area contributed by atoms with Crippen molar-refractivity contribution >= 4 is 26.5 Å². The molecule has 3 N–H and O–H groups in total. The Morgan fingerprint density at radius 3 is 2.83 bits per heavy atom. The van der Waals surface area contributed by atoms with Crippen LogP contribution in [0.3, 0.4) is 0 Å². The zero-order valence-electron chi connectivity index (χ0n) is 10.4. The van der Waals surface area contributed by atoms with Crippen LogP contribution in [0.1, 0.15) is 25.5 Å². The normalized spacial score (nSPS) is 24.6. The molecule has 2 heterocycles. The summed E-state index contributed by atoms with van der Waals surface area (Å²) < 4.78 is 32.5. The van der Waals surface area contributed by atoms with Gasteiger partial charge in [-0.05, 0) is 26.7 Å². The van der Waals surface area contributed by atoms with Crippen molar-refractivity contribution in [1.82, 2.24) is 9.71 Å². The van der Waals surface area contributed by atoms with Crippen LogP contribution in [0.4, 0.5) is 5.13 Å². The highest BCUT2D eigenvalue weighted by Crippen LogP contribution is 2.27. The second kappa shape index (κ2) is 4.76. The van der Waals surface area contributed by atoms with Crippen molar-refractivity contribution in [2.24, 2.45) is 0 Å². The van der Waals surface area contributed by atoms with E-state index >= 15 is 0 Å². The van der Waals surface area contributed by atoms with Crippen LogP contribution < -0.4 is 10.5 Å². The number of hydrogen-bond donors (Lipinski definition) is 2. The van der Waals surface area contributed by atoms with Crippen LogP contribution in [0.5, 0.6) is 0 Å². The average molecular weight is 291 g/mol. The Morgan fingerprint density at radius 2 is 2.33 bits per heavy atom. The molecule has 1 aliphatic rings. The number of rotatable bonds is 4. The van der Waals surface area contributed by atoms with Crippen LogP contribution in [0.25, 0.3) is 0 Å². The molecule has 1 aliphatic heterocycles. The van der Waals surface area contributed by atoms with Crippen molar-refractivity contribution in [3.63, 3.8) is 0 Å².